The number of ether oxygens (including phenoxy) is 2. The summed E-state index contributed by atoms with van der Waals surface area (Å²) in [4.78, 5) is 45.0. The van der Waals surface area contributed by atoms with Crippen molar-refractivity contribution in [2.75, 3.05) is 18.5 Å². The standard InChI is InChI=1S/C15H16BrNO5.C8H8BrNO2.C8H6BrNO.C8H7BrO3/c1-4-20-14(18)13-12(17-15(19)21-5-2)9-7-10(16)8(3)6-11(9)22-13;1-4-2-7(11)5(8(10)12)3-6(4)9;1-5-2-8(11)6(4-10)3-7(5)9;1-4-2-7(10)5(8(11)12)3-6(4)9/h6-7H,4-5H2,1-3H3,(H,17,19);2-3,11H,1H3,(H2,10,12);2-3,11H,1H3;2-3,10H,1H3,(H,11,12). The average molecular weight is 1040 g/mol. The second-order valence-electron chi connectivity index (χ2n) is 11.6. The lowest BCUT2D eigenvalue weighted by molar-refractivity contribution is 0.0493. The van der Waals surface area contributed by atoms with E-state index in [4.69, 9.17) is 30.0 Å². The number of hydrogen-bond donors (Lipinski definition) is 6. The quantitative estimate of drug-likeness (QED) is 0.0871. The molecule has 302 valence electrons. The number of furan rings is 1. The van der Waals surface area contributed by atoms with E-state index in [2.05, 4.69) is 69.0 Å². The van der Waals surface area contributed by atoms with Crippen molar-refractivity contribution in [3.8, 4) is 23.3 Å². The number of fused-ring (bicyclic) bond motifs is 1. The van der Waals surface area contributed by atoms with Gasteiger partial charge in [-0.05, 0) is 112 Å². The number of carboxylic acids is 1. The van der Waals surface area contributed by atoms with Crippen LogP contribution < -0.4 is 11.1 Å². The van der Waals surface area contributed by atoms with Crippen LogP contribution in [-0.2, 0) is 9.47 Å². The first-order valence-electron chi connectivity index (χ1n) is 16.4. The number of phenols is 3. The van der Waals surface area contributed by atoms with Crippen molar-refractivity contribution < 1.29 is 53.5 Å². The van der Waals surface area contributed by atoms with E-state index in [1.54, 1.807) is 45.0 Å². The number of primary amides is 1. The number of esters is 1. The molecule has 0 radical (unpaired) electrons. The molecular weight excluding hydrogens is 1010 g/mol. The van der Waals surface area contributed by atoms with Crippen LogP contribution in [0.2, 0.25) is 0 Å². The van der Waals surface area contributed by atoms with E-state index < -0.39 is 23.9 Å². The van der Waals surface area contributed by atoms with Gasteiger partial charge in [0.15, 0.2) is 0 Å². The predicted molar refractivity (Wildman–Crippen MR) is 227 cm³/mol. The number of hydrogen-bond acceptors (Lipinski definition) is 11. The number of amides is 2. The number of halogens is 4. The minimum absolute atomic E-state index is 0.0354. The molecule has 0 spiro atoms. The Labute approximate surface area is 361 Å². The van der Waals surface area contributed by atoms with Crippen LogP contribution in [0.5, 0.6) is 17.2 Å². The SMILES string of the molecule is CCOC(=O)Nc1c(C(=O)OCC)oc2cc(C)c(Br)cc12.Cc1cc(O)c(C#N)cc1Br.Cc1cc(O)c(C(=O)O)cc1Br.Cc1cc(O)c(C(N)=O)cc1Br. The fraction of sp³-hybridized carbons (Fsp3) is 0.205. The summed E-state index contributed by atoms with van der Waals surface area (Å²) in [5, 5.41) is 47.9. The molecule has 7 N–H and O–H groups in total. The zero-order valence-electron chi connectivity index (χ0n) is 31.2. The highest BCUT2D eigenvalue weighted by molar-refractivity contribution is 9.11. The first-order valence-corrected chi connectivity index (χ1v) is 19.6. The molecule has 5 aromatic rings. The molecule has 0 saturated heterocycles. The first kappa shape index (κ1) is 48.1. The van der Waals surface area contributed by atoms with Crippen molar-refractivity contribution in [2.45, 2.75) is 41.5 Å². The van der Waals surface area contributed by atoms with E-state index in [-0.39, 0.29) is 53.0 Å². The molecule has 5 rings (SSSR count). The van der Waals surface area contributed by atoms with Gasteiger partial charge in [0.1, 0.15) is 40.2 Å². The molecule has 0 aliphatic heterocycles. The zero-order chi connectivity index (χ0) is 43.3. The summed E-state index contributed by atoms with van der Waals surface area (Å²) in [7, 11) is 0. The van der Waals surface area contributed by atoms with Gasteiger partial charge in [0.05, 0.1) is 24.3 Å². The van der Waals surface area contributed by atoms with Gasteiger partial charge in [-0.3, -0.25) is 10.1 Å². The average Bonchev–Trinajstić information content (AvgIpc) is 3.46. The van der Waals surface area contributed by atoms with E-state index in [1.807, 2.05) is 26.8 Å². The smallest absolute Gasteiger partial charge is 0.411 e. The van der Waals surface area contributed by atoms with E-state index in [0.29, 0.717) is 21.0 Å². The molecular formula is C39H37Br4N3O11. The number of benzene rings is 4. The third kappa shape index (κ3) is 13.5. The van der Waals surface area contributed by atoms with Crippen molar-refractivity contribution in [3.63, 3.8) is 0 Å². The lowest BCUT2D eigenvalue weighted by Gasteiger charge is -2.06. The summed E-state index contributed by atoms with van der Waals surface area (Å²) < 4.78 is 18.5. The molecule has 1 aromatic heterocycles. The monoisotopic (exact) mass is 1040 g/mol. The molecule has 0 saturated carbocycles. The Morgan fingerprint density at radius 2 is 1.18 bits per heavy atom. The Bertz CT molecular complexity index is 2290. The van der Waals surface area contributed by atoms with E-state index >= 15 is 0 Å². The summed E-state index contributed by atoms with van der Waals surface area (Å²) in [5.74, 6) is -2.71. The maximum atomic E-state index is 12.0. The lowest BCUT2D eigenvalue weighted by Crippen LogP contribution is -2.15. The number of aryl methyl sites for hydroxylation is 4. The van der Waals surface area contributed by atoms with Crippen LogP contribution in [-0.4, -0.2) is 57.6 Å². The van der Waals surface area contributed by atoms with Gasteiger partial charge in [0.2, 0.25) is 5.76 Å². The highest BCUT2D eigenvalue weighted by atomic mass is 79.9. The van der Waals surface area contributed by atoms with Gasteiger partial charge in [-0.25, -0.2) is 14.4 Å². The van der Waals surface area contributed by atoms with Crippen LogP contribution in [0.3, 0.4) is 0 Å². The number of carbonyl (C=O) groups excluding carboxylic acids is 3. The highest BCUT2D eigenvalue weighted by Crippen LogP contribution is 2.35. The number of rotatable bonds is 6. The molecule has 14 nitrogen and oxygen atoms in total. The van der Waals surface area contributed by atoms with Crippen LogP contribution in [0, 0.1) is 39.0 Å². The molecule has 57 heavy (non-hydrogen) atoms. The fourth-order valence-electron chi connectivity index (χ4n) is 4.41. The van der Waals surface area contributed by atoms with E-state index in [1.165, 1.54) is 24.3 Å². The molecule has 0 fully saturated rings. The number of anilines is 1. The summed E-state index contributed by atoms with van der Waals surface area (Å²) >= 11 is 13.1. The van der Waals surface area contributed by atoms with Gasteiger partial charge in [-0.2, -0.15) is 5.26 Å². The summed E-state index contributed by atoms with van der Waals surface area (Å²) in [6.45, 7) is 11.2. The van der Waals surface area contributed by atoms with Gasteiger partial charge in [0.25, 0.3) is 5.91 Å². The lowest BCUT2D eigenvalue weighted by atomic mass is 10.1. The topological polar surface area (TPSA) is 243 Å². The van der Waals surface area contributed by atoms with Crippen LogP contribution in [0.4, 0.5) is 10.5 Å². The van der Waals surface area contributed by atoms with Crippen LogP contribution >= 0.6 is 63.7 Å². The Hall–Kier alpha value is -5.09. The highest BCUT2D eigenvalue weighted by Gasteiger charge is 2.24. The molecule has 2 amide bonds. The largest absolute Gasteiger partial charge is 0.507 e. The molecule has 4 aromatic carbocycles. The zero-order valence-corrected chi connectivity index (χ0v) is 37.6. The third-order valence-corrected chi connectivity index (χ3v) is 10.8. The number of nitrogens with one attached hydrogen (secondary N) is 1. The van der Waals surface area contributed by atoms with Gasteiger partial charge >= 0.3 is 18.0 Å². The number of aromatic hydroxyl groups is 3. The number of carboxylic acid groups (broad SMARTS) is 1. The van der Waals surface area contributed by atoms with Crippen molar-refractivity contribution in [1.82, 2.24) is 0 Å². The Balaban J connectivity index is 0.000000276. The Morgan fingerprint density at radius 1 is 0.719 bits per heavy atom. The van der Waals surface area contributed by atoms with E-state index in [9.17, 15) is 34.5 Å². The minimum Gasteiger partial charge on any atom is -0.507 e. The van der Waals surface area contributed by atoms with Crippen LogP contribution in [0.25, 0.3) is 11.0 Å². The summed E-state index contributed by atoms with van der Waals surface area (Å²) in [6.07, 6.45) is -0.660. The normalized spacial score (nSPS) is 9.98. The number of aromatic carboxylic acids is 1. The summed E-state index contributed by atoms with van der Waals surface area (Å²) in [6, 6.07) is 14.4. The fourth-order valence-corrected chi connectivity index (χ4v) is 5.78. The molecule has 0 aliphatic carbocycles. The molecule has 1 heterocycles. The molecule has 0 aliphatic rings. The number of nitrogens with two attached hydrogens (primary N) is 1. The van der Waals surface area contributed by atoms with Gasteiger partial charge in [-0.15, -0.1) is 0 Å². The molecule has 0 bridgehead atoms. The number of nitriles is 1. The molecule has 0 atom stereocenters. The second-order valence-corrected chi connectivity index (χ2v) is 15.0. The van der Waals surface area contributed by atoms with Crippen LogP contribution in [0.1, 0.15) is 72.9 Å². The van der Waals surface area contributed by atoms with Crippen molar-refractivity contribution in [1.29, 1.82) is 5.26 Å². The van der Waals surface area contributed by atoms with Crippen molar-refractivity contribution >= 4 is 104 Å². The number of phenolic OH excluding ortho intramolecular Hbond substituents is 1. The predicted octanol–water partition coefficient (Wildman–Crippen LogP) is 10.3. The molecule has 0 unspecified atom stereocenters. The Morgan fingerprint density at radius 3 is 1.67 bits per heavy atom. The van der Waals surface area contributed by atoms with Crippen molar-refractivity contribution in [2.24, 2.45) is 5.73 Å². The van der Waals surface area contributed by atoms with Crippen molar-refractivity contribution in [3.05, 3.63) is 111 Å². The second kappa shape index (κ2) is 22.0. The maximum Gasteiger partial charge on any atom is 0.411 e. The molecule has 18 heteroatoms. The first-order chi connectivity index (χ1) is 26.7. The summed E-state index contributed by atoms with van der Waals surface area (Å²) in [5.41, 5.74) is 9.60. The van der Waals surface area contributed by atoms with Gasteiger partial charge in [-0.1, -0.05) is 63.7 Å². The Kier molecular flexibility index (Phi) is 18.6. The van der Waals surface area contributed by atoms with Crippen LogP contribution in [0.15, 0.2) is 70.8 Å². The maximum absolute atomic E-state index is 12.0. The third-order valence-electron chi connectivity index (χ3n) is 7.38. The number of carbonyl (C=O) groups is 4. The minimum atomic E-state index is -1.13. The van der Waals surface area contributed by atoms with E-state index in [0.717, 1.165) is 35.7 Å². The van der Waals surface area contributed by atoms with Gasteiger partial charge in [0, 0.05) is 23.3 Å². The number of nitrogens with zero attached hydrogens (tertiary/aromatic N) is 1. The van der Waals surface area contributed by atoms with Gasteiger partial charge < -0.3 is 40.1 Å².